The smallest absolute Gasteiger partial charge is 0.272 e. The second-order valence-electron chi connectivity index (χ2n) is 7.88. The molecule has 1 saturated heterocycles. The highest BCUT2D eigenvalue weighted by molar-refractivity contribution is 7.89. The van der Waals surface area contributed by atoms with E-state index < -0.39 is 10.0 Å². The van der Waals surface area contributed by atoms with Crippen LogP contribution in [0.25, 0.3) is 0 Å². The quantitative estimate of drug-likeness (QED) is 0.847. The zero-order chi connectivity index (χ0) is 20.6. The zero-order valence-corrected chi connectivity index (χ0v) is 18.1. The Labute approximate surface area is 167 Å². The summed E-state index contributed by atoms with van der Waals surface area (Å²) >= 11 is 0. The van der Waals surface area contributed by atoms with Crippen LogP contribution in [0.4, 0.5) is 5.69 Å². The first-order valence-electron chi connectivity index (χ1n) is 9.66. The van der Waals surface area contributed by atoms with Crippen molar-refractivity contribution < 1.29 is 13.2 Å². The summed E-state index contributed by atoms with van der Waals surface area (Å²) in [7, 11) is -1.88. The van der Waals surface area contributed by atoms with E-state index in [1.54, 1.807) is 22.8 Å². The van der Waals surface area contributed by atoms with E-state index in [0.717, 1.165) is 24.0 Å². The van der Waals surface area contributed by atoms with Crippen molar-refractivity contribution in [3.8, 4) is 0 Å². The molecule has 6 nitrogen and oxygen atoms in total. The molecule has 0 bridgehead atoms. The molecule has 1 aromatic carbocycles. The molecule has 1 amide bonds. The number of carbonyl (C=O) groups excluding carboxylic acids is 1. The molecular formula is C21H29N3O3S. The van der Waals surface area contributed by atoms with Crippen molar-refractivity contribution in [1.82, 2.24) is 8.87 Å². The molecule has 1 aromatic heterocycles. The molecule has 1 aliphatic rings. The van der Waals surface area contributed by atoms with Gasteiger partial charge in [0, 0.05) is 31.5 Å². The van der Waals surface area contributed by atoms with E-state index in [2.05, 4.69) is 12.2 Å². The lowest BCUT2D eigenvalue weighted by molar-refractivity contribution is 0.101. The van der Waals surface area contributed by atoms with Crippen molar-refractivity contribution in [3.05, 3.63) is 46.8 Å². The Morgan fingerprint density at radius 3 is 2.32 bits per heavy atom. The zero-order valence-electron chi connectivity index (χ0n) is 17.2. The van der Waals surface area contributed by atoms with Gasteiger partial charge in [0.15, 0.2) is 0 Å². The van der Waals surface area contributed by atoms with E-state index in [4.69, 9.17) is 0 Å². The molecular weight excluding hydrogens is 374 g/mol. The highest BCUT2D eigenvalue weighted by atomic mass is 32.2. The molecule has 0 unspecified atom stereocenters. The maximum Gasteiger partial charge on any atom is 0.272 e. The van der Waals surface area contributed by atoms with Crippen LogP contribution in [-0.4, -0.2) is 36.3 Å². The van der Waals surface area contributed by atoms with Crippen LogP contribution in [0.15, 0.2) is 29.2 Å². The first-order valence-corrected chi connectivity index (χ1v) is 11.1. The van der Waals surface area contributed by atoms with Crippen LogP contribution in [0, 0.1) is 26.7 Å². The van der Waals surface area contributed by atoms with Gasteiger partial charge in [-0.15, -0.1) is 0 Å². The molecule has 3 rings (SSSR count). The van der Waals surface area contributed by atoms with Gasteiger partial charge in [0.25, 0.3) is 5.91 Å². The summed E-state index contributed by atoms with van der Waals surface area (Å²) in [6.45, 7) is 8.95. The van der Waals surface area contributed by atoms with Crippen LogP contribution in [0.1, 0.15) is 47.1 Å². The molecule has 1 N–H and O–H groups in total. The normalized spacial score (nSPS) is 16.3. The molecule has 1 fully saturated rings. The molecule has 2 heterocycles. The number of benzene rings is 1. The number of sulfonamides is 1. The van der Waals surface area contributed by atoms with Gasteiger partial charge in [-0.3, -0.25) is 4.79 Å². The molecule has 0 atom stereocenters. The van der Waals surface area contributed by atoms with Gasteiger partial charge in [-0.25, -0.2) is 8.42 Å². The fourth-order valence-corrected chi connectivity index (χ4v) is 5.27. The number of nitrogens with one attached hydrogen (secondary N) is 1. The molecule has 0 saturated carbocycles. The van der Waals surface area contributed by atoms with Gasteiger partial charge < -0.3 is 9.88 Å². The van der Waals surface area contributed by atoms with E-state index in [1.807, 2.05) is 32.0 Å². The number of nitrogens with zero attached hydrogens (tertiary/aromatic N) is 2. The van der Waals surface area contributed by atoms with Gasteiger partial charge in [0.05, 0.1) is 0 Å². The van der Waals surface area contributed by atoms with Crippen LogP contribution in [-0.2, 0) is 17.1 Å². The molecule has 28 heavy (non-hydrogen) atoms. The van der Waals surface area contributed by atoms with Gasteiger partial charge in [-0.1, -0.05) is 13.0 Å². The average molecular weight is 404 g/mol. The van der Waals surface area contributed by atoms with Crippen molar-refractivity contribution in [3.63, 3.8) is 0 Å². The van der Waals surface area contributed by atoms with Crippen LogP contribution >= 0.6 is 0 Å². The second-order valence-corrected chi connectivity index (χ2v) is 9.78. The molecule has 1 aliphatic heterocycles. The lowest BCUT2D eigenvalue weighted by Crippen LogP contribution is -2.38. The van der Waals surface area contributed by atoms with Crippen molar-refractivity contribution in [2.24, 2.45) is 13.0 Å². The van der Waals surface area contributed by atoms with Crippen molar-refractivity contribution in [2.75, 3.05) is 18.4 Å². The third-order valence-corrected chi connectivity index (χ3v) is 7.86. The van der Waals surface area contributed by atoms with Crippen LogP contribution < -0.4 is 5.32 Å². The average Bonchev–Trinajstić information content (AvgIpc) is 2.94. The Hall–Kier alpha value is -2.12. The monoisotopic (exact) mass is 403 g/mol. The highest BCUT2D eigenvalue weighted by Crippen LogP contribution is 2.27. The summed E-state index contributed by atoms with van der Waals surface area (Å²) in [5.74, 6) is 0.227. The Morgan fingerprint density at radius 1 is 1.07 bits per heavy atom. The van der Waals surface area contributed by atoms with Crippen molar-refractivity contribution in [1.29, 1.82) is 0 Å². The molecule has 2 aromatic rings. The van der Waals surface area contributed by atoms with Gasteiger partial charge in [0.2, 0.25) is 10.0 Å². The SMILES string of the molecule is Cc1ccc(NC(=O)c2cc(S(=O)(=O)N3CCC(C)CC3)c(C)n2C)cc1C. The van der Waals surface area contributed by atoms with E-state index in [-0.39, 0.29) is 10.8 Å². The first-order chi connectivity index (χ1) is 13.1. The number of amides is 1. The number of hydrogen-bond acceptors (Lipinski definition) is 3. The minimum atomic E-state index is -3.60. The van der Waals surface area contributed by atoms with Gasteiger partial charge in [0.1, 0.15) is 10.6 Å². The van der Waals surface area contributed by atoms with E-state index in [9.17, 15) is 13.2 Å². The van der Waals surface area contributed by atoms with Gasteiger partial charge in [-0.05, 0) is 68.9 Å². The predicted octanol–water partition coefficient (Wildman–Crippen LogP) is 3.62. The minimum absolute atomic E-state index is 0.217. The number of hydrogen-bond donors (Lipinski definition) is 1. The summed E-state index contributed by atoms with van der Waals surface area (Å²) in [5, 5.41) is 2.88. The number of aryl methyl sites for hydroxylation is 2. The summed E-state index contributed by atoms with van der Waals surface area (Å²) < 4.78 is 29.4. The fraction of sp³-hybridized carbons (Fsp3) is 0.476. The first kappa shape index (κ1) is 20.6. The molecule has 7 heteroatoms. The van der Waals surface area contributed by atoms with Gasteiger partial charge >= 0.3 is 0 Å². The van der Waals surface area contributed by atoms with Crippen LogP contribution in [0.5, 0.6) is 0 Å². The van der Waals surface area contributed by atoms with Crippen molar-refractivity contribution >= 4 is 21.6 Å². The maximum absolute atomic E-state index is 13.1. The number of anilines is 1. The fourth-order valence-electron chi connectivity index (χ4n) is 3.53. The Kier molecular flexibility index (Phi) is 5.68. The number of carbonyl (C=O) groups is 1. The third kappa shape index (κ3) is 3.86. The second kappa shape index (κ2) is 7.72. The van der Waals surface area contributed by atoms with Crippen LogP contribution in [0.2, 0.25) is 0 Å². The maximum atomic E-state index is 13.1. The summed E-state index contributed by atoms with van der Waals surface area (Å²) in [6, 6.07) is 7.21. The Balaban J connectivity index is 1.88. The lowest BCUT2D eigenvalue weighted by atomic mass is 10.0. The number of piperidine rings is 1. The molecule has 0 radical (unpaired) electrons. The largest absolute Gasteiger partial charge is 0.343 e. The summed E-state index contributed by atoms with van der Waals surface area (Å²) in [4.78, 5) is 13.0. The van der Waals surface area contributed by atoms with Gasteiger partial charge in [-0.2, -0.15) is 4.31 Å². The summed E-state index contributed by atoms with van der Waals surface area (Å²) in [6.07, 6.45) is 1.73. The number of rotatable bonds is 4. The van der Waals surface area contributed by atoms with Crippen LogP contribution in [0.3, 0.4) is 0 Å². The van der Waals surface area contributed by atoms with E-state index in [1.165, 1.54) is 6.07 Å². The van der Waals surface area contributed by atoms with E-state index in [0.29, 0.717) is 36.1 Å². The molecule has 0 spiro atoms. The minimum Gasteiger partial charge on any atom is -0.343 e. The Bertz CT molecular complexity index is 1000. The highest BCUT2D eigenvalue weighted by Gasteiger charge is 2.32. The standard InChI is InChI=1S/C21H29N3O3S/c1-14-8-10-24(11-9-14)28(26,27)20-13-19(23(5)17(20)4)21(25)22-18-7-6-15(2)16(3)12-18/h6-7,12-14H,8-11H2,1-5H3,(H,22,25). The molecule has 152 valence electrons. The third-order valence-electron chi connectivity index (χ3n) is 5.85. The van der Waals surface area contributed by atoms with Crippen molar-refractivity contribution in [2.45, 2.75) is 45.4 Å². The Morgan fingerprint density at radius 2 is 1.71 bits per heavy atom. The summed E-state index contributed by atoms with van der Waals surface area (Å²) in [5.41, 5.74) is 3.84. The predicted molar refractivity (Wildman–Crippen MR) is 111 cm³/mol. The lowest BCUT2D eigenvalue weighted by Gasteiger charge is -2.29. The topological polar surface area (TPSA) is 71.4 Å². The van der Waals surface area contributed by atoms with E-state index >= 15 is 0 Å². The molecule has 0 aliphatic carbocycles. The number of aromatic nitrogens is 1.